The fourth-order valence-corrected chi connectivity index (χ4v) is 9.94. The summed E-state index contributed by atoms with van der Waals surface area (Å²) in [5.74, 6) is 0. The molecule has 306 valence electrons. The third-order valence-corrected chi connectivity index (χ3v) is 12.8. The number of para-hydroxylation sites is 4. The van der Waals surface area contributed by atoms with Crippen molar-refractivity contribution >= 4 is 43.6 Å². The summed E-state index contributed by atoms with van der Waals surface area (Å²) in [5, 5.41) is 25.5. The lowest BCUT2D eigenvalue weighted by atomic mass is 9.82. The van der Waals surface area contributed by atoms with Gasteiger partial charge in [-0.1, -0.05) is 164 Å². The van der Waals surface area contributed by atoms with Crippen LogP contribution in [0.25, 0.3) is 111 Å². The predicted octanol–water partition coefficient (Wildman–Crippen LogP) is 15.4. The van der Waals surface area contributed by atoms with E-state index in [0.29, 0.717) is 11.1 Å². The molecule has 0 spiro atoms. The zero-order valence-electron chi connectivity index (χ0n) is 35.6. The summed E-state index contributed by atoms with van der Waals surface area (Å²) in [5.41, 5.74) is 16.1. The Morgan fingerprint density at radius 2 is 0.667 bits per heavy atom. The number of benzene rings is 9. The molecule has 0 saturated heterocycles. The van der Waals surface area contributed by atoms with Gasteiger partial charge < -0.3 is 9.13 Å². The highest BCUT2D eigenvalue weighted by Crippen LogP contribution is 2.50. The fourth-order valence-electron chi connectivity index (χ4n) is 9.94. The van der Waals surface area contributed by atoms with Crippen LogP contribution in [0.1, 0.15) is 11.1 Å². The Morgan fingerprint density at radius 3 is 1.08 bits per heavy atom. The zero-order valence-corrected chi connectivity index (χ0v) is 35.6. The van der Waals surface area contributed by atoms with Crippen molar-refractivity contribution in [3.63, 3.8) is 0 Å². The summed E-state index contributed by atoms with van der Waals surface area (Å²) in [6.45, 7) is 0. The Kier molecular flexibility index (Phi) is 9.19. The molecule has 0 amide bonds. The maximum atomic E-state index is 10.6. The van der Waals surface area contributed by atoms with Crippen LogP contribution in [0.15, 0.2) is 224 Å². The first-order chi connectivity index (χ1) is 32.7. The molecule has 0 aliphatic carbocycles. The Bertz CT molecular complexity index is 3630. The molecule has 0 N–H and O–H groups in total. The Labute approximate surface area is 381 Å². The van der Waals surface area contributed by atoms with Crippen LogP contribution >= 0.6 is 0 Å². The van der Waals surface area contributed by atoms with E-state index in [0.717, 1.165) is 89.3 Å². The van der Waals surface area contributed by atoms with E-state index in [4.69, 9.17) is 4.98 Å². The molecule has 3 aromatic heterocycles. The summed E-state index contributed by atoms with van der Waals surface area (Å²) in [7, 11) is 0. The molecule has 0 atom stereocenters. The molecule has 5 nitrogen and oxygen atoms in total. The molecule has 0 aliphatic rings. The summed E-state index contributed by atoms with van der Waals surface area (Å²) in [6, 6.07) is 82.6. The van der Waals surface area contributed by atoms with Gasteiger partial charge in [-0.25, -0.2) is 4.98 Å². The van der Waals surface area contributed by atoms with Crippen LogP contribution in [0.3, 0.4) is 0 Å². The van der Waals surface area contributed by atoms with E-state index in [1.54, 1.807) is 6.07 Å². The number of nitrogens with zero attached hydrogens (tertiary/aromatic N) is 5. The van der Waals surface area contributed by atoms with Gasteiger partial charge in [-0.2, -0.15) is 10.5 Å². The monoisotopic (exact) mass is 839 g/mol. The summed E-state index contributed by atoms with van der Waals surface area (Å²) in [6.07, 6.45) is 0. The number of hydrogen-bond donors (Lipinski definition) is 0. The van der Waals surface area contributed by atoms with E-state index < -0.39 is 0 Å². The largest absolute Gasteiger partial charge is 0.309 e. The van der Waals surface area contributed by atoms with Gasteiger partial charge >= 0.3 is 0 Å². The second kappa shape index (κ2) is 15.8. The van der Waals surface area contributed by atoms with E-state index in [1.807, 2.05) is 24.3 Å². The molecular formula is C61H37N5. The van der Waals surface area contributed by atoms with Gasteiger partial charge in [0.15, 0.2) is 0 Å². The standard InChI is InChI=1S/C61H37N5/c62-38-45-34-33-44(35-46(45)39-63)57-58(42-21-15-23-47(36-42)65-53-29-11-7-25-49(53)50-26-8-12-30-54(50)65)60(40-17-3-1-4-18-40)64-61(41-19-5-2-6-20-41)59(57)43-22-16-24-48(37-43)66-55-31-13-9-27-51(55)52-28-10-14-32-56(52)66/h1-37H. The molecule has 0 radical (unpaired) electrons. The summed E-state index contributed by atoms with van der Waals surface area (Å²) >= 11 is 0. The number of rotatable bonds is 7. The van der Waals surface area contributed by atoms with Gasteiger partial charge in [0.25, 0.3) is 0 Å². The highest BCUT2D eigenvalue weighted by atomic mass is 15.0. The quantitative estimate of drug-likeness (QED) is 0.160. The average Bonchev–Trinajstić information content (AvgIpc) is 3.91. The maximum absolute atomic E-state index is 10.6. The zero-order chi connectivity index (χ0) is 44.1. The Hall–Kier alpha value is -9.29. The molecular weight excluding hydrogens is 803 g/mol. The van der Waals surface area contributed by atoms with Crippen LogP contribution in [0, 0.1) is 22.7 Å². The van der Waals surface area contributed by atoms with Crippen molar-refractivity contribution in [1.29, 1.82) is 10.5 Å². The number of pyridine rings is 1. The second-order valence-electron chi connectivity index (χ2n) is 16.5. The van der Waals surface area contributed by atoms with E-state index in [1.165, 1.54) is 21.5 Å². The predicted molar refractivity (Wildman–Crippen MR) is 270 cm³/mol. The topological polar surface area (TPSA) is 70.3 Å². The molecule has 0 fully saturated rings. The van der Waals surface area contributed by atoms with Crippen LogP contribution in [0.5, 0.6) is 0 Å². The fraction of sp³-hybridized carbons (Fsp3) is 0. The number of fused-ring (bicyclic) bond motifs is 6. The van der Waals surface area contributed by atoms with Gasteiger partial charge in [-0.3, -0.25) is 0 Å². The molecule has 0 bridgehead atoms. The lowest BCUT2D eigenvalue weighted by Crippen LogP contribution is -2.03. The van der Waals surface area contributed by atoms with Crippen molar-refractivity contribution in [1.82, 2.24) is 14.1 Å². The number of hydrogen-bond acceptors (Lipinski definition) is 3. The van der Waals surface area contributed by atoms with Gasteiger partial charge in [0.2, 0.25) is 0 Å². The van der Waals surface area contributed by atoms with Crippen molar-refractivity contribution in [3.8, 4) is 79.4 Å². The lowest BCUT2D eigenvalue weighted by Gasteiger charge is -2.24. The van der Waals surface area contributed by atoms with Gasteiger partial charge in [0.1, 0.15) is 12.1 Å². The van der Waals surface area contributed by atoms with Crippen LogP contribution in [0.2, 0.25) is 0 Å². The Balaban J connectivity index is 1.23. The lowest BCUT2D eigenvalue weighted by molar-refractivity contribution is 1.18. The minimum Gasteiger partial charge on any atom is -0.309 e. The highest BCUT2D eigenvalue weighted by Gasteiger charge is 2.27. The molecule has 0 unspecified atom stereocenters. The van der Waals surface area contributed by atoms with Crippen LogP contribution in [-0.2, 0) is 0 Å². The van der Waals surface area contributed by atoms with Crippen molar-refractivity contribution in [2.24, 2.45) is 0 Å². The maximum Gasteiger partial charge on any atom is 0.101 e. The third kappa shape index (κ3) is 6.19. The molecule has 0 saturated carbocycles. The van der Waals surface area contributed by atoms with Crippen LogP contribution < -0.4 is 0 Å². The molecule has 9 aromatic carbocycles. The minimum absolute atomic E-state index is 0.310. The van der Waals surface area contributed by atoms with Crippen LogP contribution in [-0.4, -0.2) is 14.1 Å². The number of nitriles is 2. The van der Waals surface area contributed by atoms with E-state index in [9.17, 15) is 10.5 Å². The molecule has 5 heteroatoms. The van der Waals surface area contributed by atoms with Gasteiger partial charge in [-0.05, 0) is 77.4 Å². The van der Waals surface area contributed by atoms with Crippen molar-refractivity contribution in [3.05, 3.63) is 236 Å². The second-order valence-corrected chi connectivity index (χ2v) is 16.5. The van der Waals surface area contributed by atoms with Gasteiger partial charge in [0, 0.05) is 60.7 Å². The SMILES string of the molecule is N#Cc1ccc(-c2c(-c3cccc(-n4c5ccccc5c5ccccc54)c3)c(-c3ccccc3)nc(-c3ccccc3)c2-c2cccc(-n3c4ccccc4c4ccccc43)c2)cc1C#N. The van der Waals surface area contributed by atoms with Crippen LogP contribution in [0.4, 0.5) is 0 Å². The first-order valence-corrected chi connectivity index (χ1v) is 22.0. The molecule has 12 rings (SSSR count). The highest BCUT2D eigenvalue weighted by molar-refractivity contribution is 6.11. The smallest absolute Gasteiger partial charge is 0.101 e. The third-order valence-electron chi connectivity index (χ3n) is 12.8. The van der Waals surface area contributed by atoms with E-state index in [2.05, 4.69) is 215 Å². The van der Waals surface area contributed by atoms with E-state index >= 15 is 0 Å². The molecule has 3 heterocycles. The average molecular weight is 840 g/mol. The van der Waals surface area contributed by atoms with Crippen molar-refractivity contribution < 1.29 is 0 Å². The normalized spacial score (nSPS) is 11.3. The summed E-state index contributed by atoms with van der Waals surface area (Å²) in [4.78, 5) is 5.78. The summed E-state index contributed by atoms with van der Waals surface area (Å²) < 4.78 is 4.68. The van der Waals surface area contributed by atoms with Crippen molar-refractivity contribution in [2.45, 2.75) is 0 Å². The molecule has 12 aromatic rings. The first-order valence-electron chi connectivity index (χ1n) is 22.0. The Morgan fingerprint density at radius 1 is 0.303 bits per heavy atom. The molecule has 66 heavy (non-hydrogen) atoms. The molecule has 0 aliphatic heterocycles. The van der Waals surface area contributed by atoms with Gasteiger partial charge in [-0.15, -0.1) is 0 Å². The minimum atomic E-state index is 0.310. The van der Waals surface area contributed by atoms with Crippen molar-refractivity contribution in [2.75, 3.05) is 0 Å². The van der Waals surface area contributed by atoms with Gasteiger partial charge in [0.05, 0.1) is 44.6 Å². The van der Waals surface area contributed by atoms with E-state index in [-0.39, 0.29) is 0 Å². The number of aromatic nitrogens is 3. The first kappa shape index (κ1) is 38.4.